The molecule has 110 valence electrons. The van der Waals surface area contributed by atoms with E-state index in [1.165, 1.54) is 12.0 Å². The molecule has 0 saturated carbocycles. The van der Waals surface area contributed by atoms with Crippen LogP contribution in [0.3, 0.4) is 0 Å². The summed E-state index contributed by atoms with van der Waals surface area (Å²) in [6.07, 6.45) is 6.97. The Kier molecular flexibility index (Phi) is 3.78. The van der Waals surface area contributed by atoms with E-state index in [2.05, 4.69) is 6.08 Å². The Labute approximate surface area is 124 Å². The van der Waals surface area contributed by atoms with Crippen LogP contribution in [0.5, 0.6) is 0 Å². The number of rotatable bonds is 3. The molecule has 21 heavy (non-hydrogen) atoms. The van der Waals surface area contributed by atoms with Crippen molar-refractivity contribution in [3.63, 3.8) is 0 Å². The van der Waals surface area contributed by atoms with E-state index in [0.29, 0.717) is 6.42 Å². The Morgan fingerprint density at radius 3 is 2.76 bits per heavy atom. The molecular formula is C17H19NO3. The van der Waals surface area contributed by atoms with Gasteiger partial charge in [0.05, 0.1) is 0 Å². The predicted molar refractivity (Wildman–Crippen MR) is 80.3 cm³/mol. The van der Waals surface area contributed by atoms with Crippen molar-refractivity contribution in [3.05, 3.63) is 41.5 Å². The first kappa shape index (κ1) is 13.9. The van der Waals surface area contributed by atoms with Crippen molar-refractivity contribution >= 4 is 17.6 Å². The maximum absolute atomic E-state index is 12.5. The maximum Gasteiger partial charge on any atom is 0.312 e. The normalized spacial score (nSPS) is 20.9. The van der Waals surface area contributed by atoms with E-state index in [-0.39, 0.29) is 12.5 Å². The van der Waals surface area contributed by atoms with Gasteiger partial charge in [-0.05, 0) is 37.3 Å². The zero-order valence-electron chi connectivity index (χ0n) is 11.9. The van der Waals surface area contributed by atoms with Crippen LogP contribution in [0.25, 0.3) is 0 Å². The minimum atomic E-state index is -0.866. The molecule has 3 rings (SSSR count). The lowest BCUT2D eigenvalue weighted by atomic mass is 9.97. The van der Waals surface area contributed by atoms with Crippen LogP contribution in [0, 0.1) is 0 Å². The number of anilines is 1. The van der Waals surface area contributed by atoms with Crippen molar-refractivity contribution in [2.24, 2.45) is 0 Å². The van der Waals surface area contributed by atoms with E-state index in [9.17, 15) is 14.7 Å². The van der Waals surface area contributed by atoms with Gasteiger partial charge in [0, 0.05) is 18.7 Å². The van der Waals surface area contributed by atoms with Gasteiger partial charge < -0.3 is 10.0 Å². The molecule has 0 radical (unpaired) electrons. The lowest BCUT2D eigenvalue weighted by molar-refractivity contribution is -0.138. The van der Waals surface area contributed by atoms with Crippen LogP contribution in [-0.4, -0.2) is 23.5 Å². The highest BCUT2D eigenvalue weighted by Gasteiger charge is 2.36. The number of hydrogen-bond donors (Lipinski definition) is 1. The lowest BCUT2D eigenvalue weighted by Crippen LogP contribution is -2.31. The maximum atomic E-state index is 12.5. The van der Waals surface area contributed by atoms with Gasteiger partial charge in [-0.15, -0.1) is 0 Å². The van der Waals surface area contributed by atoms with Gasteiger partial charge in [-0.3, -0.25) is 9.59 Å². The highest BCUT2D eigenvalue weighted by atomic mass is 16.4. The van der Waals surface area contributed by atoms with Gasteiger partial charge in [0.2, 0.25) is 5.91 Å². The number of benzene rings is 1. The summed E-state index contributed by atoms with van der Waals surface area (Å²) in [5.41, 5.74) is 2.70. The summed E-state index contributed by atoms with van der Waals surface area (Å²) < 4.78 is 0. The molecule has 0 aromatic heterocycles. The van der Waals surface area contributed by atoms with Gasteiger partial charge >= 0.3 is 5.97 Å². The average Bonchev–Trinajstić information content (AvgIpc) is 2.88. The summed E-state index contributed by atoms with van der Waals surface area (Å²) in [5, 5.41) is 9.33. The predicted octanol–water partition coefficient (Wildman–Crippen LogP) is 3.09. The van der Waals surface area contributed by atoms with Gasteiger partial charge in [-0.25, -0.2) is 0 Å². The first-order chi connectivity index (χ1) is 10.2. The zero-order valence-corrected chi connectivity index (χ0v) is 11.9. The molecule has 1 heterocycles. The molecular weight excluding hydrogens is 266 g/mol. The Balaban J connectivity index is 1.81. The number of hydrogen-bond acceptors (Lipinski definition) is 2. The fourth-order valence-corrected chi connectivity index (χ4v) is 3.21. The number of nitrogens with zero attached hydrogens (tertiary/aromatic N) is 1. The van der Waals surface area contributed by atoms with Crippen LogP contribution in [0.1, 0.15) is 43.6 Å². The molecule has 0 fully saturated rings. The third-order valence-corrected chi connectivity index (χ3v) is 4.33. The minimum Gasteiger partial charge on any atom is -0.481 e. The fraction of sp³-hybridized carbons (Fsp3) is 0.412. The van der Waals surface area contributed by atoms with Crippen molar-refractivity contribution in [2.75, 3.05) is 11.4 Å². The number of carboxylic acids is 1. The Morgan fingerprint density at radius 1 is 1.24 bits per heavy atom. The molecule has 1 N–H and O–H groups in total. The number of allylic oxidation sites excluding steroid dienone is 1. The summed E-state index contributed by atoms with van der Waals surface area (Å²) in [5.74, 6) is -1.46. The van der Waals surface area contributed by atoms with Crippen LogP contribution in [-0.2, 0) is 9.59 Å². The largest absolute Gasteiger partial charge is 0.481 e. The summed E-state index contributed by atoms with van der Waals surface area (Å²) >= 11 is 0. The third kappa shape index (κ3) is 2.71. The molecule has 2 aliphatic rings. The molecule has 1 amide bonds. The van der Waals surface area contributed by atoms with E-state index < -0.39 is 11.9 Å². The second-order valence-electron chi connectivity index (χ2n) is 5.74. The van der Waals surface area contributed by atoms with Gasteiger partial charge in [-0.1, -0.05) is 29.8 Å². The molecule has 0 bridgehead atoms. The van der Waals surface area contributed by atoms with E-state index >= 15 is 0 Å². The first-order valence-corrected chi connectivity index (χ1v) is 7.47. The topological polar surface area (TPSA) is 57.6 Å². The lowest BCUT2D eigenvalue weighted by Gasteiger charge is -2.20. The zero-order chi connectivity index (χ0) is 14.8. The molecule has 0 unspecified atom stereocenters. The quantitative estimate of drug-likeness (QED) is 0.868. The fourth-order valence-electron chi connectivity index (χ4n) is 3.21. The molecule has 4 heteroatoms. The Bertz CT molecular complexity index is 606. The van der Waals surface area contributed by atoms with E-state index in [4.69, 9.17) is 0 Å². The molecule has 1 aromatic rings. The number of fused-ring (bicyclic) bond motifs is 1. The van der Waals surface area contributed by atoms with Crippen molar-refractivity contribution in [3.8, 4) is 0 Å². The van der Waals surface area contributed by atoms with E-state index in [1.807, 2.05) is 18.2 Å². The van der Waals surface area contributed by atoms with Gasteiger partial charge in [0.1, 0.15) is 5.92 Å². The summed E-state index contributed by atoms with van der Waals surface area (Å²) in [4.78, 5) is 25.6. The van der Waals surface area contributed by atoms with Gasteiger partial charge in [0.15, 0.2) is 0 Å². The summed E-state index contributed by atoms with van der Waals surface area (Å²) in [6.45, 7) is 0.251. The monoisotopic (exact) mass is 285 g/mol. The minimum absolute atomic E-state index is 0.0133. The van der Waals surface area contributed by atoms with Crippen LogP contribution in [0.2, 0.25) is 0 Å². The highest BCUT2D eigenvalue weighted by molar-refractivity contribution is 5.99. The van der Waals surface area contributed by atoms with E-state index in [1.54, 1.807) is 11.0 Å². The van der Waals surface area contributed by atoms with Gasteiger partial charge in [-0.2, -0.15) is 0 Å². The van der Waals surface area contributed by atoms with Crippen LogP contribution in [0.4, 0.5) is 5.69 Å². The second-order valence-corrected chi connectivity index (χ2v) is 5.74. The van der Waals surface area contributed by atoms with E-state index in [0.717, 1.165) is 30.5 Å². The van der Waals surface area contributed by atoms with Crippen molar-refractivity contribution in [2.45, 2.75) is 38.0 Å². The van der Waals surface area contributed by atoms with Crippen LogP contribution in [0.15, 0.2) is 35.9 Å². The molecule has 1 aromatic carbocycles. The standard InChI is InChI=1S/C17H19NO3/c19-16(10-12-6-2-1-3-7-12)18-11-14(17(20)21)13-8-4-5-9-15(13)18/h4-6,8-9,14H,1-3,7,10-11H2,(H,20,21)/t14-/m1/s1. The average molecular weight is 285 g/mol. The molecule has 1 aliphatic carbocycles. The van der Waals surface area contributed by atoms with Crippen LogP contribution < -0.4 is 4.90 Å². The Morgan fingerprint density at radius 2 is 2.05 bits per heavy atom. The summed E-state index contributed by atoms with van der Waals surface area (Å²) in [6, 6.07) is 7.32. The number of amides is 1. The molecule has 4 nitrogen and oxygen atoms in total. The number of para-hydroxylation sites is 1. The van der Waals surface area contributed by atoms with Gasteiger partial charge in [0.25, 0.3) is 0 Å². The van der Waals surface area contributed by atoms with Crippen molar-refractivity contribution in [1.29, 1.82) is 0 Å². The number of aliphatic carboxylic acids is 1. The second kappa shape index (κ2) is 5.72. The number of carbonyl (C=O) groups excluding carboxylic acids is 1. The SMILES string of the molecule is O=C(O)[C@@H]1CN(C(=O)CC2=CCCCC2)c2ccccc21. The highest BCUT2D eigenvalue weighted by Crippen LogP contribution is 2.37. The van der Waals surface area contributed by atoms with Crippen LogP contribution >= 0.6 is 0 Å². The molecule has 0 spiro atoms. The number of carbonyl (C=O) groups is 2. The molecule has 1 aliphatic heterocycles. The molecule has 1 atom stereocenters. The smallest absolute Gasteiger partial charge is 0.312 e. The third-order valence-electron chi connectivity index (χ3n) is 4.33. The Hall–Kier alpha value is -2.10. The number of carboxylic acid groups (broad SMARTS) is 1. The summed E-state index contributed by atoms with van der Waals surface area (Å²) in [7, 11) is 0. The van der Waals surface area contributed by atoms with Crippen molar-refractivity contribution in [1.82, 2.24) is 0 Å². The van der Waals surface area contributed by atoms with Crippen molar-refractivity contribution < 1.29 is 14.7 Å². The molecule has 0 saturated heterocycles. The first-order valence-electron chi connectivity index (χ1n) is 7.47.